The van der Waals surface area contributed by atoms with Gasteiger partial charge in [-0.05, 0) is 50.7 Å². The zero-order chi connectivity index (χ0) is 19.3. The fraction of sp³-hybridized carbons (Fsp3) is 0.682. The van der Waals surface area contributed by atoms with Crippen LogP contribution in [0.15, 0.2) is 30.3 Å². The molecule has 2 heterocycles. The average molecular weight is 375 g/mol. The van der Waals surface area contributed by atoms with Crippen LogP contribution in [0.1, 0.15) is 43.5 Å². The fourth-order valence-corrected chi connectivity index (χ4v) is 4.34. The molecule has 3 rings (SSSR count). The van der Waals surface area contributed by atoms with E-state index in [-0.39, 0.29) is 11.3 Å². The van der Waals surface area contributed by atoms with Crippen LogP contribution in [-0.2, 0) is 9.47 Å². The van der Waals surface area contributed by atoms with E-state index in [9.17, 15) is 4.79 Å². The van der Waals surface area contributed by atoms with Crippen molar-refractivity contribution in [3.05, 3.63) is 35.9 Å². The maximum absolute atomic E-state index is 12.7. The molecule has 1 spiro atoms. The van der Waals surface area contributed by atoms with E-state index in [0.717, 1.165) is 64.2 Å². The number of ether oxygens (including phenoxy) is 2. The van der Waals surface area contributed by atoms with Crippen molar-refractivity contribution in [3.63, 3.8) is 0 Å². The van der Waals surface area contributed by atoms with Crippen LogP contribution in [0.5, 0.6) is 0 Å². The first-order valence-corrected chi connectivity index (χ1v) is 10.2. The molecule has 0 saturated carbocycles. The number of rotatable bonds is 7. The summed E-state index contributed by atoms with van der Waals surface area (Å²) in [5.41, 5.74) is 1.04. The summed E-state index contributed by atoms with van der Waals surface area (Å²) in [6.45, 7) is 9.63. The monoisotopic (exact) mass is 374 g/mol. The van der Waals surface area contributed by atoms with Crippen molar-refractivity contribution in [3.8, 4) is 0 Å². The van der Waals surface area contributed by atoms with E-state index in [2.05, 4.69) is 18.7 Å². The Bertz CT molecular complexity index is 597. The lowest BCUT2D eigenvalue weighted by Gasteiger charge is -2.38. The second kappa shape index (κ2) is 9.18. The van der Waals surface area contributed by atoms with Gasteiger partial charge in [-0.15, -0.1) is 0 Å². The van der Waals surface area contributed by atoms with Gasteiger partial charge in [0.1, 0.15) is 0 Å². The van der Waals surface area contributed by atoms with Crippen molar-refractivity contribution in [2.45, 2.75) is 45.3 Å². The topological polar surface area (TPSA) is 42.0 Å². The third-order valence-electron chi connectivity index (χ3n) is 6.17. The highest BCUT2D eigenvalue weighted by Crippen LogP contribution is 2.42. The maximum atomic E-state index is 12.7. The van der Waals surface area contributed by atoms with E-state index in [1.165, 1.54) is 0 Å². The van der Waals surface area contributed by atoms with Gasteiger partial charge in [0, 0.05) is 44.9 Å². The summed E-state index contributed by atoms with van der Waals surface area (Å²) in [6.07, 6.45) is 3.49. The van der Waals surface area contributed by atoms with Gasteiger partial charge in [0.2, 0.25) is 0 Å². The Hall–Kier alpha value is -1.43. The number of piperidine rings is 1. The van der Waals surface area contributed by atoms with Crippen LogP contribution >= 0.6 is 0 Å². The summed E-state index contributed by atoms with van der Waals surface area (Å²) >= 11 is 0. The summed E-state index contributed by atoms with van der Waals surface area (Å²) in [5, 5.41) is 0. The van der Waals surface area contributed by atoms with Gasteiger partial charge in [-0.2, -0.15) is 0 Å². The highest BCUT2D eigenvalue weighted by Gasteiger charge is 2.43. The van der Waals surface area contributed by atoms with Gasteiger partial charge >= 0.3 is 0 Å². The van der Waals surface area contributed by atoms with Crippen molar-refractivity contribution in [1.82, 2.24) is 9.80 Å². The molecule has 2 fully saturated rings. The number of nitrogens with zero attached hydrogens (tertiary/aromatic N) is 2. The van der Waals surface area contributed by atoms with Crippen LogP contribution < -0.4 is 0 Å². The molecule has 2 aliphatic heterocycles. The molecule has 1 aromatic rings. The van der Waals surface area contributed by atoms with Crippen molar-refractivity contribution >= 4 is 5.91 Å². The van der Waals surface area contributed by atoms with E-state index in [1.807, 2.05) is 35.2 Å². The molecule has 0 aromatic heterocycles. The SMILES string of the molecule is COCCN(CC1CC2(CCN(C(=O)c3ccccc3)CC2)CO1)C(C)C. The standard InChI is InChI=1S/C22H34N2O3/c1-18(2)24(13-14-26-3)16-20-15-22(17-27-20)9-11-23(12-10-22)21(25)19-7-5-4-6-8-19/h4-8,18,20H,9-17H2,1-3H3. The van der Waals surface area contributed by atoms with Crippen LogP contribution in [0.3, 0.4) is 0 Å². The minimum atomic E-state index is 0.159. The summed E-state index contributed by atoms with van der Waals surface area (Å²) < 4.78 is 11.4. The van der Waals surface area contributed by atoms with E-state index in [0.29, 0.717) is 12.1 Å². The summed E-state index contributed by atoms with van der Waals surface area (Å²) in [6, 6.07) is 10.1. The van der Waals surface area contributed by atoms with Gasteiger partial charge in [-0.1, -0.05) is 18.2 Å². The van der Waals surface area contributed by atoms with Gasteiger partial charge in [-0.25, -0.2) is 0 Å². The van der Waals surface area contributed by atoms with Gasteiger partial charge in [0.05, 0.1) is 19.3 Å². The van der Waals surface area contributed by atoms with Gasteiger partial charge < -0.3 is 14.4 Å². The lowest BCUT2D eigenvalue weighted by Crippen LogP contribution is -2.44. The number of carbonyl (C=O) groups is 1. The molecule has 0 radical (unpaired) electrons. The Morgan fingerprint density at radius 1 is 1.30 bits per heavy atom. The molecule has 5 nitrogen and oxygen atoms in total. The molecule has 27 heavy (non-hydrogen) atoms. The highest BCUT2D eigenvalue weighted by molar-refractivity contribution is 5.94. The lowest BCUT2D eigenvalue weighted by atomic mass is 9.76. The molecular formula is C22H34N2O3. The smallest absolute Gasteiger partial charge is 0.253 e. The molecule has 1 amide bonds. The molecule has 0 bridgehead atoms. The Balaban J connectivity index is 1.51. The number of methoxy groups -OCH3 is 1. The third kappa shape index (κ3) is 5.09. The molecule has 150 valence electrons. The first-order valence-electron chi connectivity index (χ1n) is 10.2. The van der Waals surface area contributed by atoms with Gasteiger partial charge in [0.15, 0.2) is 0 Å². The van der Waals surface area contributed by atoms with Crippen molar-refractivity contribution in [1.29, 1.82) is 0 Å². The molecule has 5 heteroatoms. The zero-order valence-corrected chi connectivity index (χ0v) is 17.0. The predicted octanol–water partition coefficient (Wildman–Crippen LogP) is 3.05. The van der Waals surface area contributed by atoms with Gasteiger partial charge in [-0.3, -0.25) is 9.69 Å². The molecule has 0 N–H and O–H groups in total. The first-order chi connectivity index (χ1) is 13.0. The summed E-state index contributed by atoms with van der Waals surface area (Å²) in [5.74, 6) is 0.159. The largest absolute Gasteiger partial charge is 0.383 e. The Labute approximate surface area is 163 Å². The van der Waals surface area contributed by atoms with Gasteiger partial charge in [0.25, 0.3) is 5.91 Å². The zero-order valence-electron chi connectivity index (χ0n) is 17.0. The molecule has 1 aromatic carbocycles. The fourth-order valence-electron chi connectivity index (χ4n) is 4.34. The Morgan fingerprint density at radius 2 is 2.00 bits per heavy atom. The van der Waals surface area contributed by atoms with E-state index < -0.39 is 0 Å². The number of hydrogen-bond donors (Lipinski definition) is 0. The average Bonchev–Trinajstić information content (AvgIpc) is 3.08. The molecule has 2 saturated heterocycles. The first kappa shape index (κ1) is 20.3. The Morgan fingerprint density at radius 3 is 2.63 bits per heavy atom. The number of carbonyl (C=O) groups excluding carboxylic acids is 1. The van der Waals surface area contributed by atoms with E-state index in [1.54, 1.807) is 7.11 Å². The van der Waals surface area contributed by atoms with Crippen LogP contribution in [0.4, 0.5) is 0 Å². The van der Waals surface area contributed by atoms with Crippen molar-refractivity contribution in [2.24, 2.45) is 5.41 Å². The molecule has 1 atom stereocenters. The second-order valence-electron chi connectivity index (χ2n) is 8.38. The number of benzene rings is 1. The van der Waals surface area contributed by atoms with Crippen LogP contribution in [-0.4, -0.2) is 74.4 Å². The minimum absolute atomic E-state index is 0.159. The third-order valence-corrected chi connectivity index (χ3v) is 6.17. The number of hydrogen-bond acceptors (Lipinski definition) is 4. The molecule has 0 aliphatic carbocycles. The summed E-state index contributed by atoms with van der Waals surface area (Å²) in [7, 11) is 1.75. The number of likely N-dealkylation sites (tertiary alicyclic amines) is 1. The lowest BCUT2D eigenvalue weighted by molar-refractivity contribution is 0.0366. The van der Waals surface area contributed by atoms with Crippen LogP contribution in [0.25, 0.3) is 0 Å². The molecule has 2 aliphatic rings. The quantitative estimate of drug-likeness (QED) is 0.736. The minimum Gasteiger partial charge on any atom is -0.383 e. The van der Waals surface area contributed by atoms with Crippen molar-refractivity contribution < 1.29 is 14.3 Å². The second-order valence-corrected chi connectivity index (χ2v) is 8.38. The molecular weight excluding hydrogens is 340 g/mol. The highest BCUT2D eigenvalue weighted by atomic mass is 16.5. The maximum Gasteiger partial charge on any atom is 0.253 e. The van der Waals surface area contributed by atoms with Crippen molar-refractivity contribution in [2.75, 3.05) is 46.5 Å². The Kier molecular flexibility index (Phi) is 6.90. The van der Waals surface area contributed by atoms with Crippen LogP contribution in [0, 0.1) is 5.41 Å². The number of amides is 1. The predicted molar refractivity (Wildman–Crippen MR) is 107 cm³/mol. The van der Waals surface area contributed by atoms with E-state index in [4.69, 9.17) is 9.47 Å². The van der Waals surface area contributed by atoms with E-state index >= 15 is 0 Å². The van der Waals surface area contributed by atoms with Crippen LogP contribution in [0.2, 0.25) is 0 Å². The normalized spacial score (nSPS) is 22.1. The molecule has 1 unspecified atom stereocenters. The summed E-state index contributed by atoms with van der Waals surface area (Å²) in [4.78, 5) is 17.1.